The highest BCUT2D eigenvalue weighted by molar-refractivity contribution is 5.78. The van der Waals surface area contributed by atoms with Crippen molar-refractivity contribution >= 4 is 5.91 Å². The van der Waals surface area contributed by atoms with E-state index in [1.807, 2.05) is 31.7 Å². The number of carbonyl (C=O) groups is 1. The fourth-order valence-corrected chi connectivity index (χ4v) is 4.68. The molecular formula is C26H37FN2O2. The Morgan fingerprint density at radius 2 is 1.94 bits per heavy atom. The van der Waals surface area contributed by atoms with Crippen LogP contribution >= 0.6 is 0 Å². The number of hydrogen-bond donors (Lipinski definition) is 0. The van der Waals surface area contributed by atoms with Gasteiger partial charge >= 0.3 is 0 Å². The molecule has 3 rings (SSSR count). The average molecular weight is 429 g/mol. The van der Waals surface area contributed by atoms with Crippen LogP contribution in [-0.4, -0.2) is 41.9 Å². The Morgan fingerprint density at radius 3 is 2.52 bits per heavy atom. The van der Waals surface area contributed by atoms with Gasteiger partial charge in [0.1, 0.15) is 17.3 Å². The molecule has 0 spiro atoms. The summed E-state index contributed by atoms with van der Waals surface area (Å²) in [5.41, 5.74) is 2.18. The zero-order chi connectivity index (χ0) is 22.7. The van der Waals surface area contributed by atoms with Gasteiger partial charge in [0.25, 0.3) is 0 Å². The van der Waals surface area contributed by atoms with Gasteiger partial charge in [-0.3, -0.25) is 9.69 Å². The van der Waals surface area contributed by atoms with E-state index < -0.39 is 0 Å². The molecule has 1 aliphatic heterocycles. The number of furan rings is 1. The van der Waals surface area contributed by atoms with Crippen LogP contribution in [0.5, 0.6) is 0 Å². The van der Waals surface area contributed by atoms with Crippen molar-refractivity contribution in [3.05, 3.63) is 58.8 Å². The van der Waals surface area contributed by atoms with Crippen molar-refractivity contribution in [2.45, 2.75) is 54.0 Å². The second-order valence-corrected chi connectivity index (χ2v) is 9.86. The van der Waals surface area contributed by atoms with Crippen molar-refractivity contribution in [1.82, 2.24) is 9.80 Å². The molecule has 5 heteroatoms. The SMILES string of the molecule is Cc1cc(CN2C[C@@H](CN(CC(C)C)C(=O)C(C)C)[C@@H](c3cccc(F)c3)C2)oc1C. The lowest BCUT2D eigenvalue weighted by Gasteiger charge is -2.31. The van der Waals surface area contributed by atoms with E-state index in [0.29, 0.717) is 12.5 Å². The minimum absolute atomic E-state index is 0.0297. The van der Waals surface area contributed by atoms with Crippen LogP contribution in [-0.2, 0) is 11.3 Å². The van der Waals surface area contributed by atoms with Crippen LogP contribution in [0.4, 0.5) is 4.39 Å². The lowest BCUT2D eigenvalue weighted by atomic mass is 9.88. The maximum atomic E-state index is 14.0. The second kappa shape index (κ2) is 9.99. The maximum absolute atomic E-state index is 14.0. The van der Waals surface area contributed by atoms with Crippen LogP contribution in [0.15, 0.2) is 34.7 Å². The summed E-state index contributed by atoms with van der Waals surface area (Å²) in [6.45, 7) is 16.1. The van der Waals surface area contributed by atoms with E-state index in [0.717, 1.165) is 48.8 Å². The third-order valence-corrected chi connectivity index (χ3v) is 6.24. The van der Waals surface area contributed by atoms with E-state index >= 15 is 0 Å². The van der Waals surface area contributed by atoms with Gasteiger partial charge < -0.3 is 9.32 Å². The molecule has 0 aliphatic carbocycles. The van der Waals surface area contributed by atoms with Crippen LogP contribution in [0, 0.1) is 37.4 Å². The van der Waals surface area contributed by atoms with Crippen molar-refractivity contribution in [3.8, 4) is 0 Å². The van der Waals surface area contributed by atoms with Gasteiger partial charge in [0.15, 0.2) is 0 Å². The predicted octanol–water partition coefficient (Wildman–Crippen LogP) is 5.39. The van der Waals surface area contributed by atoms with Gasteiger partial charge in [-0.25, -0.2) is 4.39 Å². The number of likely N-dealkylation sites (tertiary alicyclic amines) is 1. The zero-order valence-corrected chi connectivity index (χ0v) is 19.8. The second-order valence-electron chi connectivity index (χ2n) is 9.86. The third-order valence-electron chi connectivity index (χ3n) is 6.24. The molecule has 2 heterocycles. The van der Waals surface area contributed by atoms with Crippen molar-refractivity contribution in [3.63, 3.8) is 0 Å². The molecule has 1 fully saturated rings. The van der Waals surface area contributed by atoms with Gasteiger partial charge in [-0.2, -0.15) is 0 Å². The Kier molecular flexibility index (Phi) is 7.58. The van der Waals surface area contributed by atoms with Crippen LogP contribution in [0.3, 0.4) is 0 Å². The van der Waals surface area contributed by atoms with E-state index in [-0.39, 0.29) is 29.5 Å². The molecule has 1 amide bonds. The van der Waals surface area contributed by atoms with Crippen LogP contribution in [0.1, 0.15) is 56.3 Å². The van der Waals surface area contributed by atoms with Crippen molar-refractivity contribution in [2.24, 2.45) is 17.8 Å². The summed E-state index contributed by atoms with van der Waals surface area (Å²) in [4.78, 5) is 17.3. The van der Waals surface area contributed by atoms with Gasteiger partial charge in [-0.05, 0) is 55.0 Å². The number of hydrogen-bond acceptors (Lipinski definition) is 3. The number of nitrogens with zero attached hydrogens (tertiary/aromatic N) is 2. The number of amides is 1. The van der Waals surface area contributed by atoms with Gasteiger partial charge in [-0.1, -0.05) is 39.8 Å². The topological polar surface area (TPSA) is 36.7 Å². The summed E-state index contributed by atoms with van der Waals surface area (Å²) >= 11 is 0. The Morgan fingerprint density at radius 1 is 1.19 bits per heavy atom. The van der Waals surface area contributed by atoms with Crippen LogP contribution in [0.2, 0.25) is 0 Å². The highest BCUT2D eigenvalue weighted by atomic mass is 19.1. The first-order valence-corrected chi connectivity index (χ1v) is 11.5. The molecule has 2 aromatic rings. The monoisotopic (exact) mass is 428 g/mol. The molecule has 0 N–H and O–H groups in total. The number of aryl methyl sites for hydroxylation is 2. The van der Waals surface area contributed by atoms with E-state index in [1.165, 1.54) is 6.07 Å². The Hall–Kier alpha value is -2.14. The highest BCUT2D eigenvalue weighted by Gasteiger charge is 2.36. The summed E-state index contributed by atoms with van der Waals surface area (Å²) in [6, 6.07) is 9.05. The van der Waals surface area contributed by atoms with Crippen molar-refractivity contribution in [1.29, 1.82) is 0 Å². The molecule has 1 aromatic carbocycles. The van der Waals surface area contributed by atoms with Crippen LogP contribution < -0.4 is 0 Å². The Labute approximate surface area is 186 Å². The molecule has 0 saturated carbocycles. The quantitative estimate of drug-likeness (QED) is 0.565. The van der Waals surface area contributed by atoms with Crippen molar-refractivity contribution < 1.29 is 13.6 Å². The molecule has 31 heavy (non-hydrogen) atoms. The summed E-state index contributed by atoms with van der Waals surface area (Å²) in [6.07, 6.45) is 0. The first-order chi connectivity index (χ1) is 14.6. The molecule has 1 saturated heterocycles. The molecular weight excluding hydrogens is 391 g/mol. The molecule has 2 atom stereocenters. The fraction of sp³-hybridized carbons (Fsp3) is 0.577. The molecule has 0 bridgehead atoms. The van der Waals surface area contributed by atoms with Gasteiger partial charge in [0.2, 0.25) is 5.91 Å². The fourth-order valence-electron chi connectivity index (χ4n) is 4.68. The summed E-state index contributed by atoms with van der Waals surface area (Å²) < 4.78 is 19.9. The maximum Gasteiger partial charge on any atom is 0.225 e. The third kappa shape index (κ3) is 5.97. The summed E-state index contributed by atoms with van der Waals surface area (Å²) in [7, 11) is 0. The standard InChI is InChI=1S/C26H37FN2O2/c1-17(2)12-29(26(30)18(3)4)14-22-13-28(15-24-10-19(5)20(6)31-24)16-25(22)21-8-7-9-23(27)11-21/h7-11,17-18,22,25H,12-16H2,1-6H3/t22-,25+/m0/s1. The molecule has 1 aliphatic rings. The number of benzene rings is 1. The van der Waals surface area contributed by atoms with Crippen LogP contribution in [0.25, 0.3) is 0 Å². The minimum atomic E-state index is -0.204. The lowest BCUT2D eigenvalue weighted by molar-refractivity contribution is -0.135. The summed E-state index contributed by atoms with van der Waals surface area (Å²) in [5, 5.41) is 0. The zero-order valence-electron chi connectivity index (χ0n) is 19.8. The molecule has 0 radical (unpaired) electrons. The van der Waals surface area contributed by atoms with E-state index in [4.69, 9.17) is 4.42 Å². The van der Waals surface area contributed by atoms with E-state index in [9.17, 15) is 9.18 Å². The van der Waals surface area contributed by atoms with Gasteiger partial charge in [-0.15, -0.1) is 0 Å². The normalized spacial score (nSPS) is 19.5. The smallest absolute Gasteiger partial charge is 0.225 e. The molecule has 1 aromatic heterocycles. The van der Waals surface area contributed by atoms with Crippen molar-refractivity contribution in [2.75, 3.05) is 26.2 Å². The van der Waals surface area contributed by atoms with Gasteiger partial charge in [0, 0.05) is 38.0 Å². The van der Waals surface area contributed by atoms with E-state index in [2.05, 4.69) is 31.7 Å². The summed E-state index contributed by atoms with van der Waals surface area (Å²) in [5.74, 6) is 2.72. The minimum Gasteiger partial charge on any atom is -0.465 e. The predicted molar refractivity (Wildman–Crippen MR) is 122 cm³/mol. The Balaban J connectivity index is 1.83. The Bertz CT molecular complexity index is 870. The highest BCUT2D eigenvalue weighted by Crippen LogP contribution is 2.35. The number of carbonyl (C=O) groups excluding carboxylic acids is 1. The van der Waals surface area contributed by atoms with E-state index in [1.54, 1.807) is 12.1 Å². The molecule has 170 valence electrons. The van der Waals surface area contributed by atoms with Gasteiger partial charge in [0.05, 0.1) is 6.54 Å². The average Bonchev–Trinajstić information content (AvgIpc) is 3.22. The lowest BCUT2D eigenvalue weighted by Crippen LogP contribution is -2.41. The largest absolute Gasteiger partial charge is 0.465 e. The molecule has 0 unspecified atom stereocenters. The molecule has 4 nitrogen and oxygen atoms in total. The first kappa shape index (κ1) is 23.5. The number of halogens is 1. The number of rotatable bonds is 8. The first-order valence-electron chi connectivity index (χ1n) is 11.5.